The van der Waals surface area contributed by atoms with E-state index in [1.807, 2.05) is 6.07 Å². The number of urea groups is 1. The molecule has 5 heteroatoms. The third-order valence-electron chi connectivity index (χ3n) is 3.01. The largest absolute Gasteiger partial charge is 0.497 e. The number of hydrogen-bond donors (Lipinski definition) is 1. The van der Waals surface area contributed by atoms with Gasteiger partial charge in [0.2, 0.25) is 0 Å². The van der Waals surface area contributed by atoms with Crippen LogP contribution in [-0.2, 0) is 0 Å². The van der Waals surface area contributed by atoms with Gasteiger partial charge in [-0.15, -0.1) is 0 Å². The lowest BCUT2D eigenvalue weighted by molar-refractivity contribution is 0.258. The zero-order valence-electron chi connectivity index (χ0n) is 11.8. The van der Waals surface area contributed by atoms with Crippen molar-refractivity contribution < 1.29 is 9.53 Å². The van der Waals surface area contributed by atoms with Crippen molar-refractivity contribution in [3.63, 3.8) is 0 Å². The van der Waals surface area contributed by atoms with Gasteiger partial charge in [0.05, 0.1) is 18.7 Å². The van der Waals surface area contributed by atoms with Crippen LogP contribution < -0.4 is 15.0 Å². The summed E-state index contributed by atoms with van der Waals surface area (Å²) in [5.74, 6) is 0.675. The van der Waals surface area contributed by atoms with Gasteiger partial charge in [0.25, 0.3) is 0 Å². The van der Waals surface area contributed by atoms with Crippen LogP contribution in [0.15, 0.2) is 48.5 Å². The number of nitrogens with one attached hydrogen (secondary N) is 1. The third-order valence-corrected chi connectivity index (χ3v) is 3.01. The van der Waals surface area contributed by atoms with Crippen molar-refractivity contribution in [2.24, 2.45) is 0 Å². The summed E-state index contributed by atoms with van der Waals surface area (Å²) >= 11 is 0. The molecule has 0 saturated carbocycles. The molecule has 0 aliphatic rings. The molecule has 5 nitrogen and oxygen atoms in total. The van der Waals surface area contributed by atoms with Crippen molar-refractivity contribution in [3.8, 4) is 11.8 Å². The summed E-state index contributed by atoms with van der Waals surface area (Å²) in [6.45, 7) is 0. The molecule has 0 bridgehead atoms. The molecule has 0 radical (unpaired) electrons. The van der Waals surface area contributed by atoms with Gasteiger partial charge in [-0.05, 0) is 36.4 Å². The lowest BCUT2D eigenvalue weighted by Crippen LogP contribution is -2.31. The number of hydrogen-bond acceptors (Lipinski definition) is 3. The molecule has 2 amide bonds. The monoisotopic (exact) mass is 281 g/mol. The predicted octanol–water partition coefficient (Wildman–Crippen LogP) is 3.24. The van der Waals surface area contributed by atoms with Crippen LogP contribution in [0, 0.1) is 11.3 Å². The van der Waals surface area contributed by atoms with Crippen molar-refractivity contribution in [3.05, 3.63) is 54.1 Å². The van der Waals surface area contributed by atoms with E-state index in [1.165, 1.54) is 4.90 Å². The highest BCUT2D eigenvalue weighted by atomic mass is 16.5. The van der Waals surface area contributed by atoms with E-state index in [9.17, 15) is 4.79 Å². The Morgan fingerprint density at radius 1 is 1.24 bits per heavy atom. The van der Waals surface area contributed by atoms with Crippen molar-refractivity contribution in [2.75, 3.05) is 24.4 Å². The molecular formula is C16H15N3O2. The van der Waals surface area contributed by atoms with Crippen molar-refractivity contribution in [1.82, 2.24) is 0 Å². The van der Waals surface area contributed by atoms with Gasteiger partial charge in [0.15, 0.2) is 0 Å². The van der Waals surface area contributed by atoms with Crippen molar-refractivity contribution in [2.45, 2.75) is 0 Å². The van der Waals surface area contributed by atoms with E-state index in [1.54, 1.807) is 62.7 Å². The number of methoxy groups -OCH3 is 1. The second-order valence-electron chi connectivity index (χ2n) is 4.38. The Labute approximate surface area is 123 Å². The fraction of sp³-hybridized carbons (Fsp3) is 0.125. The van der Waals surface area contributed by atoms with Gasteiger partial charge in [0, 0.05) is 24.5 Å². The minimum absolute atomic E-state index is 0.270. The van der Waals surface area contributed by atoms with Crippen LogP contribution >= 0.6 is 0 Å². The number of carbonyl (C=O) groups is 1. The van der Waals surface area contributed by atoms with Gasteiger partial charge >= 0.3 is 6.03 Å². The van der Waals surface area contributed by atoms with Gasteiger partial charge in [-0.2, -0.15) is 5.26 Å². The van der Waals surface area contributed by atoms with Crippen LogP contribution in [0.3, 0.4) is 0 Å². The quantitative estimate of drug-likeness (QED) is 0.939. The molecule has 106 valence electrons. The molecule has 0 aromatic heterocycles. The molecule has 0 heterocycles. The number of nitrogens with zero attached hydrogens (tertiary/aromatic N) is 2. The highest BCUT2D eigenvalue weighted by molar-refractivity contribution is 6.01. The van der Waals surface area contributed by atoms with E-state index in [0.717, 1.165) is 0 Å². The second kappa shape index (κ2) is 6.44. The topological polar surface area (TPSA) is 65.4 Å². The summed E-state index contributed by atoms with van der Waals surface area (Å²) in [5, 5.41) is 11.6. The van der Waals surface area contributed by atoms with E-state index >= 15 is 0 Å². The molecule has 0 aliphatic heterocycles. The lowest BCUT2D eigenvalue weighted by atomic mass is 10.2. The highest BCUT2D eigenvalue weighted by Crippen LogP contribution is 2.19. The highest BCUT2D eigenvalue weighted by Gasteiger charge is 2.11. The van der Waals surface area contributed by atoms with Crippen LogP contribution in [0.2, 0.25) is 0 Å². The smallest absolute Gasteiger partial charge is 0.326 e. The molecule has 21 heavy (non-hydrogen) atoms. The van der Waals surface area contributed by atoms with Crippen LogP contribution in [0.1, 0.15) is 5.56 Å². The fourth-order valence-electron chi connectivity index (χ4n) is 1.78. The first-order valence-electron chi connectivity index (χ1n) is 6.33. The van der Waals surface area contributed by atoms with Crippen molar-refractivity contribution >= 4 is 17.4 Å². The number of benzene rings is 2. The van der Waals surface area contributed by atoms with Gasteiger partial charge < -0.3 is 10.1 Å². The zero-order chi connectivity index (χ0) is 15.2. The van der Waals surface area contributed by atoms with E-state index < -0.39 is 0 Å². The first-order chi connectivity index (χ1) is 10.1. The molecule has 2 aromatic rings. The van der Waals surface area contributed by atoms with Crippen molar-refractivity contribution in [1.29, 1.82) is 5.26 Å². The minimum atomic E-state index is -0.270. The maximum Gasteiger partial charge on any atom is 0.326 e. The molecule has 0 saturated heterocycles. The molecule has 2 rings (SSSR count). The van der Waals surface area contributed by atoms with E-state index in [0.29, 0.717) is 22.7 Å². The summed E-state index contributed by atoms with van der Waals surface area (Å²) in [4.78, 5) is 13.6. The molecule has 0 unspecified atom stereocenters. The van der Waals surface area contributed by atoms with Crippen LogP contribution in [0.25, 0.3) is 0 Å². The standard InChI is InChI=1S/C16H15N3O2/c1-19(14-8-6-12(11-17)7-9-14)16(20)18-13-4-3-5-15(10-13)21-2/h3-10H,1-2H3,(H,18,20). The van der Waals surface area contributed by atoms with E-state index in [2.05, 4.69) is 5.32 Å². The van der Waals surface area contributed by atoms with Crippen LogP contribution in [0.4, 0.5) is 16.2 Å². The summed E-state index contributed by atoms with van der Waals surface area (Å²) in [6, 6.07) is 15.7. The average Bonchev–Trinajstić information content (AvgIpc) is 2.54. The Balaban J connectivity index is 2.09. The van der Waals surface area contributed by atoms with E-state index in [-0.39, 0.29) is 6.03 Å². The summed E-state index contributed by atoms with van der Waals surface area (Å²) in [6.07, 6.45) is 0. The van der Waals surface area contributed by atoms with Gasteiger partial charge in [-0.25, -0.2) is 4.79 Å². The Hall–Kier alpha value is -3.00. The molecule has 2 aromatic carbocycles. The summed E-state index contributed by atoms with van der Waals surface area (Å²) in [5.41, 5.74) is 1.91. The molecule has 1 N–H and O–H groups in total. The number of ether oxygens (including phenoxy) is 1. The number of anilines is 2. The summed E-state index contributed by atoms with van der Waals surface area (Å²) < 4.78 is 5.11. The maximum atomic E-state index is 12.2. The normalized spacial score (nSPS) is 9.57. The molecule has 0 fully saturated rings. The van der Waals surface area contributed by atoms with Gasteiger partial charge in [-0.3, -0.25) is 4.90 Å². The van der Waals surface area contributed by atoms with Crippen LogP contribution in [0.5, 0.6) is 5.75 Å². The Morgan fingerprint density at radius 2 is 1.95 bits per heavy atom. The predicted molar refractivity (Wildman–Crippen MR) is 81.6 cm³/mol. The fourth-order valence-corrected chi connectivity index (χ4v) is 1.78. The number of rotatable bonds is 3. The first kappa shape index (κ1) is 14.4. The van der Waals surface area contributed by atoms with Gasteiger partial charge in [0.1, 0.15) is 5.75 Å². The zero-order valence-corrected chi connectivity index (χ0v) is 11.8. The Morgan fingerprint density at radius 3 is 2.57 bits per heavy atom. The number of carbonyl (C=O) groups excluding carboxylic acids is 1. The van der Waals surface area contributed by atoms with E-state index in [4.69, 9.17) is 10.00 Å². The Bertz CT molecular complexity index is 675. The maximum absolute atomic E-state index is 12.2. The first-order valence-corrected chi connectivity index (χ1v) is 6.33. The number of nitriles is 1. The molecule has 0 atom stereocenters. The van der Waals surface area contributed by atoms with Gasteiger partial charge in [-0.1, -0.05) is 6.07 Å². The second-order valence-corrected chi connectivity index (χ2v) is 4.38. The molecule has 0 aliphatic carbocycles. The Kier molecular flexibility index (Phi) is 4.42. The summed E-state index contributed by atoms with van der Waals surface area (Å²) in [7, 11) is 3.24. The lowest BCUT2D eigenvalue weighted by Gasteiger charge is -2.18. The third kappa shape index (κ3) is 3.51. The van der Waals surface area contributed by atoms with Crippen LogP contribution in [-0.4, -0.2) is 20.2 Å². The molecular weight excluding hydrogens is 266 g/mol. The molecule has 0 spiro atoms. The SMILES string of the molecule is COc1cccc(NC(=O)N(C)c2ccc(C#N)cc2)c1. The minimum Gasteiger partial charge on any atom is -0.497 e. The average molecular weight is 281 g/mol. The number of amides is 2.